The van der Waals surface area contributed by atoms with E-state index in [-0.39, 0.29) is 5.75 Å². The number of aromatic hydroxyl groups is 1. The van der Waals surface area contributed by atoms with Crippen molar-refractivity contribution in [1.82, 2.24) is 5.32 Å². The van der Waals surface area contributed by atoms with Gasteiger partial charge in [0, 0.05) is 13.0 Å². The van der Waals surface area contributed by atoms with Gasteiger partial charge in [0.25, 0.3) is 0 Å². The Bertz CT molecular complexity index is 471. The van der Waals surface area contributed by atoms with Crippen molar-refractivity contribution in [3.63, 3.8) is 0 Å². The zero-order chi connectivity index (χ0) is 21.5. The van der Waals surface area contributed by atoms with Gasteiger partial charge >= 0.3 is 0 Å². The Balaban J connectivity index is -0.000000361. The molecule has 0 unspecified atom stereocenters. The van der Waals surface area contributed by atoms with E-state index in [0.29, 0.717) is 11.7 Å². The first-order valence-electron chi connectivity index (χ1n) is 9.65. The van der Waals surface area contributed by atoms with Gasteiger partial charge in [-0.25, -0.2) is 0 Å². The van der Waals surface area contributed by atoms with Crippen molar-refractivity contribution in [2.24, 2.45) is 5.92 Å². The number of carbonyl (C=O) groups excluding carboxylic acids is 1. The van der Waals surface area contributed by atoms with Gasteiger partial charge in [-0.05, 0) is 49.9 Å². The Morgan fingerprint density at radius 3 is 2.26 bits per heavy atom. The lowest BCUT2D eigenvalue weighted by Crippen LogP contribution is -2.04. The van der Waals surface area contributed by atoms with Crippen LogP contribution in [0, 0.1) is 5.92 Å². The van der Waals surface area contributed by atoms with Crippen LogP contribution in [0.3, 0.4) is 0 Å². The average Bonchev–Trinajstić information content (AvgIpc) is 2.70. The summed E-state index contributed by atoms with van der Waals surface area (Å²) in [6.07, 6.45) is 9.41. The molecule has 1 rings (SSSR count). The largest absolute Gasteiger partial charge is 0.504 e. The highest BCUT2D eigenvalue weighted by atomic mass is 16.5. The van der Waals surface area contributed by atoms with E-state index in [1.165, 1.54) is 7.11 Å². The number of carbonyl (C=O) groups is 1. The molecule has 27 heavy (non-hydrogen) atoms. The summed E-state index contributed by atoms with van der Waals surface area (Å²) in [5.41, 5.74) is 1.09. The lowest BCUT2D eigenvalue weighted by atomic mass is 10.1. The number of rotatable bonds is 9. The van der Waals surface area contributed by atoms with E-state index < -0.39 is 0 Å². The quantitative estimate of drug-likeness (QED) is 0.318. The van der Waals surface area contributed by atoms with Crippen LogP contribution >= 0.6 is 0 Å². The minimum absolute atomic E-state index is 0.178. The van der Waals surface area contributed by atoms with Crippen LogP contribution in [0.2, 0.25) is 0 Å². The number of phenolic OH excluding ortho intramolecular Hbond substituents is 1. The molecule has 0 atom stereocenters. The van der Waals surface area contributed by atoms with Gasteiger partial charge in [0.05, 0.1) is 7.11 Å². The van der Waals surface area contributed by atoms with Gasteiger partial charge < -0.3 is 20.0 Å². The highest BCUT2D eigenvalue weighted by Gasteiger charge is 2.00. The van der Waals surface area contributed by atoms with E-state index in [0.717, 1.165) is 44.1 Å². The van der Waals surface area contributed by atoms with Crippen molar-refractivity contribution < 1.29 is 14.6 Å². The highest BCUT2D eigenvalue weighted by molar-refractivity contribution is 5.48. The van der Waals surface area contributed by atoms with Crippen molar-refractivity contribution in [3.8, 4) is 11.5 Å². The van der Waals surface area contributed by atoms with E-state index in [9.17, 15) is 9.90 Å². The second kappa shape index (κ2) is 23.9. The number of allylic oxidation sites excluding steroid dienone is 2. The van der Waals surface area contributed by atoms with Crippen LogP contribution in [0.4, 0.5) is 0 Å². The molecule has 0 heterocycles. The fraction of sp³-hybridized carbons (Fsp3) is 0.522. The molecule has 0 aliphatic heterocycles. The molecule has 0 aliphatic carbocycles. The van der Waals surface area contributed by atoms with Gasteiger partial charge in [0.1, 0.15) is 6.29 Å². The van der Waals surface area contributed by atoms with E-state index in [1.807, 2.05) is 33.0 Å². The Hall–Kier alpha value is -2.07. The van der Waals surface area contributed by atoms with Crippen molar-refractivity contribution in [2.45, 2.75) is 59.9 Å². The minimum Gasteiger partial charge on any atom is -0.504 e. The third-order valence-electron chi connectivity index (χ3n) is 3.09. The standard InChI is InChI=1S/C10H18O.C9H13NO2.C2H6.C2H4/c1-10(2)8-6-4-3-5-7-9-11;1-10-6-7-3-4-8(11)9(5-7)12-2;2*1-2/h6,8-10H,3-5,7H2,1-2H3;3-5,10-11H,6H2,1-2H3;1-2H3;1-2H2/b8-6+;;;. The molecule has 1 aromatic carbocycles. The zero-order valence-corrected chi connectivity index (χ0v) is 18.3. The van der Waals surface area contributed by atoms with Crippen LogP contribution in [0.1, 0.15) is 58.9 Å². The average molecular weight is 380 g/mol. The Labute approximate surface area is 167 Å². The third kappa shape index (κ3) is 20.1. The summed E-state index contributed by atoms with van der Waals surface area (Å²) >= 11 is 0. The molecule has 1 aromatic rings. The molecule has 4 nitrogen and oxygen atoms in total. The summed E-state index contributed by atoms with van der Waals surface area (Å²) < 4.78 is 4.95. The maximum absolute atomic E-state index is 9.93. The highest BCUT2D eigenvalue weighted by Crippen LogP contribution is 2.25. The summed E-state index contributed by atoms with van der Waals surface area (Å²) in [6, 6.07) is 5.30. The van der Waals surface area contributed by atoms with Gasteiger partial charge in [0.2, 0.25) is 0 Å². The van der Waals surface area contributed by atoms with E-state index in [4.69, 9.17) is 4.74 Å². The maximum atomic E-state index is 9.93. The smallest absolute Gasteiger partial charge is 0.160 e. The van der Waals surface area contributed by atoms with Crippen molar-refractivity contribution in [1.29, 1.82) is 0 Å². The molecule has 0 radical (unpaired) electrons. The van der Waals surface area contributed by atoms with E-state index in [2.05, 4.69) is 44.5 Å². The number of hydrogen-bond acceptors (Lipinski definition) is 4. The second-order valence-electron chi connectivity index (χ2n) is 5.66. The summed E-state index contributed by atoms with van der Waals surface area (Å²) in [7, 11) is 3.41. The van der Waals surface area contributed by atoms with Crippen LogP contribution in [0.5, 0.6) is 11.5 Å². The van der Waals surface area contributed by atoms with Crippen LogP contribution in [-0.4, -0.2) is 25.6 Å². The Kier molecular flexibility index (Phi) is 26.3. The number of nitrogens with one attached hydrogen (secondary N) is 1. The molecule has 0 aromatic heterocycles. The molecule has 0 saturated heterocycles. The van der Waals surface area contributed by atoms with E-state index in [1.54, 1.807) is 6.07 Å². The van der Waals surface area contributed by atoms with Gasteiger partial charge in [-0.3, -0.25) is 0 Å². The number of methoxy groups -OCH3 is 1. The predicted molar refractivity (Wildman–Crippen MR) is 119 cm³/mol. The van der Waals surface area contributed by atoms with Crippen molar-refractivity contribution in [2.75, 3.05) is 14.2 Å². The molecule has 0 aliphatic rings. The molecule has 0 bridgehead atoms. The number of benzene rings is 1. The fourth-order valence-electron chi connectivity index (χ4n) is 1.89. The first-order chi connectivity index (χ1) is 13.0. The first kappa shape index (κ1) is 29.7. The summed E-state index contributed by atoms with van der Waals surface area (Å²) in [6.45, 7) is 15.1. The number of ether oxygens (including phenoxy) is 1. The molecule has 4 heteroatoms. The topological polar surface area (TPSA) is 58.6 Å². The Morgan fingerprint density at radius 1 is 1.19 bits per heavy atom. The van der Waals surface area contributed by atoms with Crippen LogP contribution in [0.15, 0.2) is 43.5 Å². The Morgan fingerprint density at radius 2 is 1.78 bits per heavy atom. The molecular formula is C23H41NO3. The fourth-order valence-corrected chi connectivity index (χ4v) is 1.89. The summed E-state index contributed by atoms with van der Waals surface area (Å²) in [4.78, 5) is 9.93. The van der Waals surface area contributed by atoms with E-state index >= 15 is 0 Å². The SMILES string of the molecule is C=C.CC.CC(C)/C=C/CCCCC=O.CNCc1ccc(O)c(OC)c1. The molecule has 2 N–H and O–H groups in total. The number of aldehydes is 1. The molecule has 156 valence electrons. The van der Waals surface area contributed by atoms with Gasteiger partial charge in [-0.2, -0.15) is 0 Å². The summed E-state index contributed by atoms with van der Waals surface area (Å²) in [5.74, 6) is 1.35. The summed E-state index contributed by atoms with van der Waals surface area (Å²) in [5, 5.41) is 12.3. The predicted octanol–water partition coefficient (Wildman–Crippen LogP) is 5.91. The number of unbranched alkanes of at least 4 members (excludes halogenated alkanes) is 3. The zero-order valence-electron chi connectivity index (χ0n) is 18.3. The molecule has 0 amide bonds. The van der Waals surface area contributed by atoms with Crippen molar-refractivity contribution >= 4 is 6.29 Å². The maximum Gasteiger partial charge on any atom is 0.160 e. The number of hydrogen-bond donors (Lipinski definition) is 2. The molecule has 0 fully saturated rings. The van der Waals surface area contributed by atoms with Gasteiger partial charge in [0.15, 0.2) is 11.5 Å². The van der Waals surface area contributed by atoms with Crippen molar-refractivity contribution in [3.05, 3.63) is 49.1 Å². The second-order valence-corrected chi connectivity index (χ2v) is 5.66. The van der Waals surface area contributed by atoms with Crippen LogP contribution in [-0.2, 0) is 11.3 Å². The molecule has 0 saturated carbocycles. The van der Waals surface area contributed by atoms with Gasteiger partial charge in [-0.1, -0.05) is 45.9 Å². The molecular weight excluding hydrogens is 338 g/mol. The van der Waals surface area contributed by atoms with Gasteiger partial charge in [-0.15, -0.1) is 13.2 Å². The first-order valence-corrected chi connectivity index (χ1v) is 9.65. The minimum atomic E-state index is 0.178. The van der Waals surface area contributed by atoms with Crippen LogP contribution in [0.25, 0.3) is 0 Å². The normalized spacial score (nSPS) is 9.30. The van der Waals surface area contributed by atoms with Crippen LogP contribution < -0.4 is 10.1 Å². The lowest BCUT2D eigenvalue weighted by molar-refractivity contribution is -0.107. The molecule has 0 spiro atoms. The third-order valence-corrected chi connectivity index (χ3v) is 3.09. The monoisotopic (exact) mass is 379 g/mol. The number of phenols is 1. The lowest BCUT2D eigenvalue weighted by Gasteiger charge is -2.05.